The summed E-state index contributed by atoms with van der Waals surface area (Å²) in [5, 5.41) is 9.67. The molecule has 0 atom stereocenters. The SMILES string of the molecule is CCCOc1ccccc1NC(=O)c1cc(-c2cccs2)nn1-c1ccccc1. The molecule has 2 heterocycles. The number of aromatic nitrogens is 2. The van der Waals surface area contributed by atoms with Crippen LogP contribution in [0.1, 0.15) is 23.8 Å². The topological polar surface area (TPSA) is 56.1 Å². The zero-order valence-corrected chi connectivity index (χ0v) is 16.9. The lowest BCUT2D eigenvalue weighted by Gasteiger charge is -2.12. The zero-order chi connectivity index (χ0) is 20.1. The van der Waals surface area contributed by atoms with Gasteiger partial charge in [-0.2, -0.15) is 5.10 Å². The van der Waals surface area contributed by atoms with Gasteiger partial charge in [0, 0.05) is 0 Å². The predicted molar refractivity (Wildman–Crippen MR) is 117 cm³/mol. The van der Waals surface area contributed by atoms with E-state index in [2.05, 4.69) is 5.32 Å². The van der Waals surface area contributed by atoms with Crippen LogP contribution in [0.2, 0.25) is 0 Å². The summed E-state index contributed by atoms with van der Waals surface area (Å²) < 4.78 is 7.45. The van der Waals surface area contributed by atoms with Gasteiger partial charge in [0.15, 0.2) is 0 Å². The van der Waals surface area contributed by atoms with Gasteiger partial charge in [-0.25, -0.2) is 4.68 Å². The summed E-state index contributed by atoms with van der Waals surface area (Å²) >= 11 is 1.59. The number of ether oxygens (including phenoxy) is 1. The largest absolute Gasteiger partial charge is 0.491 e. The fourth-order valence-electron chi connectivity index (χ4n) is 2.95. The van der Waals surface area contributed by atoms with Crippen molar-refractivity contribution in [3.63, 3.8) is 0 Å². The maximum Gasteiger partial charge on any atom is 0.274 e. The molecule has 5 nitrogen and oxygen atoms in total. The van der Waals surface area contributed by atoms with Gasteiger partial charge >= 0.3 is 0 Å². The van der Waals surface area contributed by atoms with E-state index in [0.29, 0.717) is 23.7 Å². The summed E-state index contributed by atoms with van der Waals surface area (Å²) in [5.74, 6) is 0.420. The van der Waals surface area contributed by atoms with Crippen molar-refractivity contribution in [3.05, 3.63) is 83.9 Å². The highest BCUT2D eigenvalue weighted by molar-refractivity contribution is 7.13. The summed E-state index contributed by atoms with van der Waals surface area (Å²) in [7, 11) is 0. The van der Waals surface area contributed by atoms with Crippen molar-refractivity contribution in [1.82, 2.24) is 9.78 Å². The smallest absolute Gasteiger partial charge is 0.274 e. The first kappa shape index (κ1) is 19.0. The Balaban J connectivity index is 1.70. The van der Waals surface area contributed by atoms with E-state index in [1.165, 1.54) is 0 Å². The molecule has 0 aliphatic rings. The molecule has 1 N–H and O–H groups in total. The highest BCUT2D eigenvalue weighted by atomic mass is 32.1. The molecule has 146 valence electrons. The minimum atomic E-state index is -0.239. The lowest BCUT2D eigenvalue weighted by Crippen LogP contribution is -2.17. The molecule has 4 aromatic rings. The molecular formula is C23H21N3O2S. The third kappa shape index (κ3) is 4.22. The van der Waals surface area contributed by atoms with Crippen LogP contribution in [0.15, 0.2) is 78.2 Å². The molecule has 0 unspecified atom stereocenters. The second kappa shape index (κ2) is 8.75. The van der Waals surface area contributed by atoms with E-state index in [1.54, 1.807) is 16.0 Å². The number of carbonyl (C=O) groups is 1. The molecule has 0 bridgehead atoms. The number of hydrogen-bond acceptors (Lipinski definition) is 4. The molecule has 0 spiro atoms. The number of nitrogens with zero attached hydrogens (tertiary/aromatic N) is 2. The Kier molecular flexibility index (Phi) is 5.72. The standard InChI is InChI=1S/C23H21N3O2S/c1-2-14-28-21-12-7-6-11-18(21)24-23(27)20-16-19(22-13-8-15-29-22)25-26(20)17-9-4-3-5-10-17/h3-13,15-16H,2,14H2,1H3,(H,24,27). The van der Waals surface area contributed by atoms with Crippen LogP contribution in [-0.2, 0) is 0 Å². The maximum absolute atomic E-state index is 13.2. The molecule has 0 saturated carbocycles. The molecule has 0 aliphatic heterocycles. The fraction of sp³-hybridized carbons (Fsp3) is 0.130. The molecule has 0 saturated heterocycles. The van der Waals surface area contributed by atoms with E-state index in [-0.39, 0.29) is 5.91 Å². The Labute approximate surface area is 173 Å². The predicted octanol–water partition coefficient (Wildman–Crippen LogP) is 5.64. The summed E-state index contributed by atoms with van der Waals surface area (Å²) in [6.07, 6.45) is 0.896. The van der Waals surface area contributed by atoms with E-state index in [9.17, 15) is 4.79 Å². The number of anilines is 1. The lowest BCUT2D eigenvalue weighted by molar-refractivity contribution is 0.101. The van der Waals surface area contributed by atoms with Crippen molar-refractivity contribution >= 4 is 22.9 Å². The van der Waals surface area contributed by atoms with E-state index < -0.39 is 0 Å². The van der Waals surface area contributed by atoms with E-state index in [1.807, 2.05) is 85.1 Å². The molecule has 2 aromatic carbocycles. The summed E-state index contributed by atoms with van der Waals surface area (Å²) in [6, 6.07) is 22.9. The molecule has 0 fully saturated rings. The van der Waals surface area contributed by atoms with Gasteiger partial charge in [0.25, 0.3) is 5.91 Å². The summed E-state index contributed by atoms with van der Waals surface area (Å²) in [4.78, 5) is 14.2. The molecule has 1 amide bonds. The number of amides is 1. The van der Waals surface area contributed by atoms with Crippen molar-refractivity contribution in [2.45, 2.75) is 13.3 Å². The minimum absolute atomic E-state index is 0.239. The first-order valence-electron chi connectivity index (χ1n) is 9.49. The number of rotatable bonds is 7. The van der Waals surface area contributed by atoms with Gasteiger partial charge in [-0.1, -0.05) is 43.3 Å². The Bertz CT molecular complexity index is 1090. The van der Waals surface area contributed by atoms with Crippen molar-refractivity contribution in [2.24, 2.45) is 0 Å². The Hall–Kier alpha value is -3.38. The van der Waals surface area contributed by atoms with Gasteiger partial charge in [-0.05, 0) is 48.2 Å². The van der Waals surface area contributed by atoms with Crippen molar-refractivity contribution in [3.8, 4) is 22.0 Å². The quantitative estimate of drug-likeness (QED) is 0.434. The van der Waals surface area contributed by atoms with Crippen LogP contribution in [0.3, 0.4) is 0 Å². The third-order valence-electron chi connectivity index (χ3n) is 4.31. The van der Waals surface area contributed by atoms with Crippen LogP contribution >= 0.6 is 11.3 Å². The Morgan fingerprint density at radius 3 is 2.62 bits per heavy atom. The number of thiophene rings is 1. The molecule has 0 radical (unpaired) electrons. The summed E-state index contributed by atoms with van der Waals surface area (Å²) in [6.45, 7) is 2.64. The van der Waals surface area contributed by atoms with Crippen molar-refractivity contribution in [1.29, 1.82) is 0 Å². The highest BCUT2D eigenvalue weighted by Gasteiger charge is 2.19. The van der Waals surface area contributed by atoms with Gasteiger partial charge in [-0.3, -0.25) is 4.79 Å². The zero-order valence-electron chi connectivity index (χ0n) is 16.0. The van der Waals surface area contributed by atoms with Crippen LogP contribution in [0, 0.1) is 0 Å². The highest BCUT2D eigenvalue weighted by Crippen LogP contribution is 2.28. The lowest BCUT2D eigenvalue weighted by atomic mass is 10.2. The Morgan fingerprint density at radius 2 is 1.86 bits per heavy atom. The van der Waals surface area contributed by atoms with Crippen LogP contribution in [-0.4, -0.2) is 22.3 Å². The van der Waals surface area contributed by atoms with Crippen LogP contribution in [0.25, 0.3) is 16.3 Å². The maximum atomic E-state index is 13.2. The molecule has 4 rings (SSSR count). The molecule has 6 heteroatoms. The average molecular weight is 404 g/mol. The molecular weight excluding hydrogens is 382 g/mol. The molecule has 2 aromatic heterocycles. The average Bonchev–Trinajstić information content (AvgIpc) is 3.44. The van der Waals surface area contributed by atoms with E-state index in [4.69, 9.17) is 9.84 Å². The number of benzene rings is 2. The number of nitrogens with one attached hydrogen (secondary N) is 1. The van der Waals surface area contributed by atoms with Crippen LogP contribution < -0.4 is 10.1 Å². The number of hydrogen-bond donors (Lipinski definition) is 1. The number of para-hydroxylation sites is 3. The fourth-order valence-corrected chi connectivity index (χ4v) is 3.63. The van der Waals surface area contributed by atoms with Crippen molar-refractivity contribution < 1.29 is 9.53 Å². The molecule has 29 heavy (non-hydrogen) atoms. The number of carbonyl (C=O) groups excluding carboxylic acids is 1. The van der Waals surface area contributed by atoms with E-state index >= 15 is 0 Å². The van der Waals surface area contributed by atoms with Gasteiger partial charge < -0.3 is 10.1 Å². The van der Waals surface area contributed by atoms with Gasteiger partial charge in [-0.15, -0.1) is 11.3 Å². The second-order valence-electron chi connectivity index (χ2n) is 6.44. The van der Waals surface area contributed by atoms with Gasteiger partial charge in [0.05, 0.1) is 22.9 Å². The molecule has 0 aliphatic carbocycles. The first-order chi connectivity index (χ1) is 14.3. The minimum Gasteiger partial charge on any atom is -0.491 e. The third-order valence-corrected chi connectivity index (χ3v) is 5.21. The van der Waals surface area contributed by atoms with E-state index in [0.717, 1.165) is 22.7 Å². The van der Waals surface area contributed by atoms with Crippen LogP contribution in [0.4, 0.5) is 5.69 Å². The summed E-state index contributed by atoms with van der Waals surface area (Å²) in [5.41, 5.74) is 2.70. The van der Waals surface area contributed by atoms with Gasteiger partial charge in [0.2, 0.25) is 0 Å². The van der Waals surface area contributed by atoms with Crippen LogP contribution in [0.5, 0.6) is 5.75 Å². The Morgan fingerprint density at radius 1 is 1.07 bits per heavy atom. The second-order valence-corrected chi connectivity index (χ2v) is 7.39. The first-order valence-corrected chi connectivity index (χ1v) is 10.4. The van der Waals surface area contributed by atoms with Gasteiger partial charge in [0.1, 0.15) is 17.1 Å². The normalized spacial score (nSPS) is 10.7. The monoisotopic (exact) mass is 403 g/mol. The van der Waals surface area contributed by atoms with Crippen molar-refractivity contribution in [2.75, 3.05) is 11.9 Å².